The maximum Gasteiger partial charge on any atom is 0.472 e. The topological polar surface area (TPSA) is 117 Å². The van der Waals surface area contributed by atoms with Gasteiger partial charge in [-0.1, -0.05) is 116 Å². The molecule has 2 unspecified atom stereocenters. The zero-order chi connectivity index (χ0) is 26.7. The second-order valence-corrected chi connectivity index (χ2v) is 11.2. The Morgan fingerprint density at radius 2 is 1.17 bits per heavy atom. The average molecular weight is 538 g/mol. The van der Waals surface area contributed by atoms with Crippen molar-refractivity contribution in [3.05, 3.63) is 0 Å². The van der Waals surface area contributed by atoms with Crippen molar-refractivity contribution in [1.29, 1.82) is 0 Å². The standard InChI is InChI=1S/C27H56NO7P/c1-3-4-5-6-7-8-9-10-11-12-13-14-15-16-17-18-19-20-22-32-24-27(35-26(2)29)25-34-36(30,31)33-23-21-28/h27H,3-25,28H2,1-2H3,(H,30,31). The zero-order valence-electron chi connectivity index (χ0n) is 23.3. The molecule has 3 N–H and O–H groups in total. The minimum Gasteiger partial charge on any atom is -0.458 e. The number of hydrogen-bond acceptors (Lipinski definition) is 7. The van der Waals surface area contributed by atoms with Crippen LogP contribution in [0.2, 0.25) is 0 Å². The summed E-state index contributed by atoms with van der Waals surface area (Å²) in [5.74, 6) is -0.504. The van der Waals surface area contributed by atoms with Crippen LogP contribution in [0.4, 0.5) is 0 Å². The largest absolute Gasteiger partial charge is 0.472 e. The highest BCUT2D eigenvalue weighted by Crippen LogP contribution is 2.43. The van der Waals surface area contributed by atoms with E-state index in [2.05, 4.69) is 11.4 Å². The quantitative estimate of drug-likeness (QED) is 0.0618. The Morgan fingerprint density at radius 3 is 1.58 bits per heavy atom. The van der Waals surface area contributed by atoms with Gasteiger partial charge in [0.1, 0.15) is 6.10 Å². The summed E-state index contributed by atoms with van der Waals surface area (Å²) in [5.41, 5.74) is 5.24. The minimum atomic E-state index is -4.21. The molecule has 0 fully saturated rings. The van der Waals surface area contributed by atoms with Gasteiger partial charge in [-0.2, -0.15) is 0 Å². The number of phosphoric ester groups is 1. The molecule has 8 nitrogen and oxygen atoms in total. The van der Waals surface area contributed by atoms with Gasteiger partial charge in [0.05, 0.1) is 19.8 Å². The molecule has 0 aromatic carbocycles. The molecule has 0 radical (unpaired) electrons. The van der Waals surface area contributed by atoms with Crippen molar-refractivity contribution in [2.45, 2.75) is 136 Å². The Labute approximate surface area is 221 Å². The lowest BCUT2D eigenvalue weighted by Crippen LogP contribution is -2.27. The third-order valence-corrected chi connectivity index (χ3v) is 7.06. The van der Waals surface area contributed by atoms with E-state index >= 15 is 0 Å². The van der Waals surface area contributed by atoms with Crippen LogP contribution >= 0.6 is 7.82 Å². The molecule has 0 bridgehead atoms. The first-order valence-electron chi connectivity index (χ1n) is 14.5. The molecule has 0 saturated heterocycles. The molecular weight excluding hydrogens is 481 g/mol. The first kappa shape index (κ1) is 35.5. The van der Waals surface area contributed by atoms with E-state index < -0.39 is 19.9 Å². The minimum absolute atomic E-state index is 0.0954. The van der Waals surface area contributed by atoms with Crippen molar-refractivity contribution >= 4 is 13.8 Å². The van der Waals surface area contributed by atoms with E-state index in [0.717, 1.165) is 12.8 Å². The van der Waals surface area contributed by atoms with E-state index in [0.29, 0.717) is 6.61 Å². The van der Waals surface area contributed by atoms with Gasteiger partial charge in [0.25, 0.3) is 0 Å². The second kappa shape index (κ2) is 26.1. The highest BCUT2D eigenvalue weighted by Gasteiger charge is 2.24. The Hall–Kier alpha value is -0.500. The summed E-state index contributed by atoms with van der Waals surface area (Å²) in [6, 6.07) is 0. The van der Waals surface area contributed by atoms with Crippen LogP contribution in [0.25, 0.3) is 0 Å². The summed E-state index contributed by atoms with van der Waals surface area (Å²) < 4.78 is 31.9. The van der Waals surface area contributed by atoms with Crippen LogP contribution < -0.4 is 5.73 Å². The monoisotopic (exact) mass is 537 g/mol. The van der Waals surface area contributed by atoms with E-state index in [1.54, 1.807) is 0 Å². The van der Waals surface area contributed by atoms with E-state index in [9.17, 15) is 14.3 Å². The van der Waals surface area contributed by atoms with Crippen LogP contribution in [0, 0.1) is 0 Å². The molecule has 0 aromatic heterocycles. The number of ether oxygens (including phenoxy) is 2. The molecule has 2 atom stereocenters. The number of esters is 1. The van der Waals surface area contributed by atoms with Gasteiger partial charge in [-0.15, -0.1) is 0 Å². The summed E-state index contributed by atoms with van der Waals surface area (Å²) in [6.45, 7) is 3.93. The Balaban J connectivity index is 3.52. The number of hydrogen-bond donors (Lipinski definition) is 2. The first-order valence-corrected chi connectivity index (χ1v) is 16.0. The second-order valence-electron chi connectivity index (χ2n) is 9.70. The molecule has 216 valence electrons. The fraction of sp³-hybridized carbons (Fsp3) is 0.963. The SMILES string of the molecule is CCCCCCCCCCCCCCCCCCCCOCC(COP(=O)(O)OCCN)OC(C)=O. The van der Waals surface area contributed by atoms with Crippen molar-refractivity contribution in [1.82, 2.24) is 0 Å². The number of nitrogens with two attached hydrogens (primary N) is 1. The third kappa shape index (κ3) is 26.6. The lowest BCUT2D eigenvalue weighted by Gasteiger charge is -2.19. The van der Waals surface area contributed by atoms with E-state index in [1.165, 1.54) is 110 Å². The molecule has 0 spiro atoms. The average Bonchev–Trinajstić information content (AvgIpc) is 2.84. The fourth-order valence-electron chi connectivity index (χ4n) is 4.05. The predicted molar refractivity (Wildman–Crippen MR) is 146 cm³/mol. The fourth-order valence-corrected chi connectivity index (χ4v) is 4.82. The summed E-state index contributed by atoms with van der Waals surface area (Å²) in [5, 5.41) is 0. The van der Waals surface area contributed by atoms with Crippen molar-refractivity contribution in [2.75, 3.05) is 33.0 Å². The van der Waals surface area contributed by atoms with Crippen LogP contribution in [0.5, 0.6) is 0 Å². The van der Waals surface area contributed by atoms with Crippen LogP contribution in [-0.2, 0) is 27.9 Å². The van der Waals surface area contributed by atoms with Gasteiger partial charge >= 0.3 is 13.8 Å². The van der Waals surface area contributed by atoms with Crippen LogP contribution in [0.1, 0.15) is 129 Å². The van der Waals surface area contributed by atoms with Crippen molar-refractivity contribution in [2.24, 2.45) is 5.73 Å². The molecule has 0 aliphatic rings. The lowest BCUT2D eigenvalue weighted by molar-refractivity contribution is -0.151. The van der Waals surface area contributed by atoms with Crippen LogP contribution in [0.3, 0.4) is 0 Å². The van der Waals surface area contributed by atoms with Gasteiger partial charge < -0.3 is 20.1 Å². The molecule has 0 rings (SSSR count). The molecule has 0 aliphatic heterocycles. The van der Waals surface area contributed by atoms with Crippen molar-refractivity contribution in [3.63, 3.8) is 0 Å². The highest BCUT2D eigenvalue weighted by atomic mass is 31.2. The van der Waals surface area contributed by atoms with Gasteiger partial charge in [0.15, 0.2) is 0 Å². The first-order chi connectivity index (χ1) is 17.4. The molecule has 9 heteroatoms. The normalized spacial score (nSPS) is 14.0. The number of rotatable bonds is 28. The molecule has 0 amide bonds. The lowest BCUT2D eigenvalue weighted by atomic mass is 10.0. The van der Waals surface area contributed by atoms with Gasteiger partial charge in [0, 0.05) is 20.1 Å². The van der Waals surface area contributed by atoms with Gasteiger partial charge in [-0.3, -0.25) is 13.8 Å². The van der Waals surface area contributed by atoms with E-state index in [1.807, 2.05) is 0 Å². The van der Waals surface area contributed by atoms with Gasteiger partial charge in [0.2, 0.25) is 0 Å². The van der Waals surface area contributed by atoms with Crippen molar-refractivity contribution < 1.29 is 32.8 Å². The van der Waals surface area contributed by atoms with Crippen LogP contribution in [-0.4, -0.2) is 49.9 Å². The molecule has 0 aromatic rings. The third-order valence-electron chi connectivity index (χ3n) is 6.07. The van der Waals surface area contributed by atoms with E-state index in [-0.39, 0.29) is 26.4 Å². The maximum absolute atomic E-state index is 11.7. The number of carbonyl (C=O) groups excluding carboxylic acids is 1. The molecule has 36 heavy (non-hydrogen) atoms. The van der Waals surface area contributed by atoms with Gasteiger partial charge in [-0.05, 0) is 6.42 Å². The summed E-state index contributed by atoms with van der Waals surface area (Å²) >= 11 is 0. The predicted octanol–water partition coefficient (Wildman–Crippen LogP) is 7.07. The zero-order valence-corrected chi connectivity index (χ0v) is 24.2. The smallest absolute Gasteiger partial charge is 0.458 e. The van der Waals surface area contributed by atoms with Crippen LogP contribution in [0.15, 0.2) is 0 Å². The molecule has 0 saturated carbocycles. The number of phosphoric acid groups is 1. The summed E-state index contributed by atoms with van der Waals surface area (Å²) in [7, 11) is -4.21. The summed E-state index contributed by atoms with van der Waals surface area (Å²) in [4.78, 5) is 20.8. The Morgan fingerprint density at radius 1 is 0.722 bits per heavy atom. The van der Waals surface area contributed by atoms with Gasteiger partial charge in [-0.25, -0.2) is 4.57 Å². The number of unbranched alkanes of at least 4 members (excludes halogenated alkanes) is 17. The highest BCUT2D eigenvalue weighted by molar-refractivity contribution is 7.47. The van der Waals surface area contributed by atoms with Crippen molar-refractivity contribution in [3.8, 4) is 0 Å². The maximum atomic E-state index is 11.7. The Kier molecular flexibility index (Phi) is 25.8. The molecular formula is C27H56NO7P. The summed E-state index contributed by atoms with van der Waals surface area (Å²) in [6.07, 6.45) is 23.2. The molecule has 0 heterocycles. The number of carbonyl (C=O) groups is 1. The Bertz CT molecular complexity index is 536. The molecule has 0 aliphatic carbocycles. The van der Waals surface area contributed by atoms with E-state index in [4.69, 9.17) is 19.7 Å².